The first kappa shape index (κ1) is 21.7. The molecule has 0 spiro atoms. The zero-order chi connectivity index (χ0) is 22.7. The van der Waals surface area contributed by atoms with Crippen molar-refractivity contribution in [3.8, 4) is 5.75 Å². The van der Waals surface area contributed by atoms with E-state index in [1.165, 1.54) is 12.1 Å². The number of non-ortho nitro benzene ring substituents is 1. The van der Waals surface area contributed by atoms with Gasteiger partial charge in [0, 0.05) is 21.3 Å². The highest BCUT2D eigenvalue weighted by molar-refractivity contribution is 14.1. The summed E-state index contributed by atoms with van der Waals surface area (Å²) in [6, 6.07) is 19.2. The van der Waals surface area contributed by atoms with Crippen molar-refractivity contribution in [2.24, 2.45) is 4.99 Å². The molecule has 0 amide bonds. The average Bonchev–Trinajstić information content (AvgIpc) is 3.15. The highest BCUT2D eigenvalue weighted by Gasteiger charge is 2.24. The quantitative estimate of drug-likeness (QED) is 0.137. The maximum atomic E-state index is 12.3. The monoisotopic (exact) mass is 540 g/mol. The zero-order valence-electron chi connectivity index (χ0n) is 16.9. The number of ether oxygens (including phenoxy) is 2. The SMILES string of the molecule is Cc1cc(C2=N/C(=C\c3cccc(OCc4cccc([N+](=O)[O-])c4)c3)C(=O)O2)ccc1I. The summed E-state index contributed by atoms with van der Waals surface area (Å²) >= 11 is 2.24. The number of nitro groups is 1. The third kappa shape index (κ3) is 5.02. The molecule has 0 radical (unpaired) electrons. The van der Waals surface area contributed by atoms with Gasteiger partial charge >= 0.3 is 5.97 Å². The third-order valence-electron chi connectivity index (χ3n) is 4.71. The van der Waals surface area contributed by atoms with E-state index in [-0.39, 0.29) is 23.9 Å². The lowest BCUT2D eigenvalue weighted by atomic mass is 10.1. The molecular formula is C24H17IN2O5. The van der Waals surface area contributed by atoms with Gasteiger partial charge in [0.15, 0.2) is 5.70 Å². The molecule has 3 aromatic carbocycles. The molecule has 160 valence electrons. The van der Waals surface area contributed by atoms with Crippen LogP contribution in [0.2, 0.25) is 0 Å². The van der Waals surface area contributed by atoms with Gasteiger partial charge in [-0.1, -0.05) is 24.3 Å². The molecule has 0 unspecified atom stereocenters. The molecule has 1 heterocycles. The van der Waals surface area contributed by atoms with E-state index in [2.05, 4.69) is 27.6 Å². The van der Waals surface area contributed by atoms with Crippen molar-refractivity contribution < 1.29 is 19.2 Å². The predicted octanol–water partition coefficient (Wildman–Crippen LogP) is 5.43. The summed E-state index contributed by atoms with van der Waals surface area (Å²) in [4.78, 5) is 27.1. The van der Waals surface area contributed by atoms with Gasteiger partial charge in [-0.15, -0.1) is 0 Å². The molecule has 0 saturated heterocycles. The summed E-state index contributed by atoms with van der Waals surface area (Å²) in [5.74, 6) is 0.327. The van der Waals surface area contributed by atoms with Crippen LogP contribution in [0.25, 0.3) is 6.08 Å². The Morgan fingerprint density at radius 1 is 1.12 bits per heavy atom. The molecule has 0 aromatic heterocycles. The highest BCUT2D eigenvalue weighted by Crippen LogP contribution is 2.23. The first-order valence-electron chi connectivity index (χ1n) is 9.64. The Bertz CT molecular complexity index is 1280. The number of nitrogens with zero attached hydrogens (tertiary/aromatic N) is 2. The van der Waals surface area contributed by atoms with Crippen LogP contribution in [0, 0.1) is 20.6 Å². The number of benzene rings is 3. The zero-order valence-corrected chi connectivity index (χ0v) is 19.1. The number of rotatable bonds is 6. The molecule has 0 bridgehead atoms. The highest BCUT2D eigenvalue weighted by atomic mass is 127. The summed E-state index contributed by atoms with van der Waals surface area (Å²) < 4.78 is 12.2. The smallest absolute Gasteiger partial charge is 0.363 e. The lowest BCUT2D eigenvalue weighted by Crippen LogP contribution is -2.05. The van der Waals surface area contributed by atoms with Gasteiger partial charge in [-0.3, -0.25) is 10.1 Å². The summed E-state index contributed by atoms with van der Waals surface area (Å²) in [5, 5.41) is 10.9. The van der Waals surface area contributed by atoms with Crippen molar-refractivity contribution in [1.29, 1.82) is 0 Å². The van der Waals surface area contributed by atoms with E-state index in [1.807, 2.05) is 31.2 Å². The molecule has 0 aliphatic carbocycles. The van der Waals surface area contributed by atoms with Crippen LogP contribution >= 0.6 is 22.6 Å². The van der Waals surface area contributed by atoms with E-state index in [4.69, 9.17) is 9.47 Å². The minimum atomic E-state index is -0.515. The molecule has 1 aliphatic heterocycles. The second-order valence-electron chi connectivity index (χ2n) is 7.09. The number of carbonyl (C=O) groups excluding carboxylic acids is 1. The number of hydrogen-bond acceptors (Lipinski definition) is 6. The molecular weight excluding hydrogens is 523 g/mol. The van der Waals surface area contributed by atoms with Crippen LogP contribution < -0.4 is 4.74 Å². The third-order valence-corrected chi connectivity index (χ3v) is 5.92. The van der Waals surface area contributed by atoms with Crippen molar-refractivity contribution in [3.63, 3.8) is 0 Å². The second-order valence-corrected chi connectivity index (χ2v) is 8.25. The number of cyclic esters (lactones) is 1. The van der Waals surface area contributed by atoms with E-state index in [9.17, 15) is 14.9 Å². The van der Waals surface area contributed by atoms with E-state index in [0.717, 1.165) is 20.3 Å². The Labute approximate surface area is 197 Å². The molecule has 0 saturated carbocycles. The lowest BCUT2D eigenvalue weighted by Gasteiger charge is -2.07. The van der Waals surface area contributed by atoms with Crippen LogP contribution in [0.4, 0.5) is 5.69 Å². The van der Waals surface area contributed by atoms with Gasteiger partial charge in [0.2, 0.25) is 5.90 Å². The lowest BCUT2D eigenvalue weighted by molar-refractivity contribution is -0.384. The standard InChI is InChI=1S/C24H17IN2O5/c1-15-10-18(8-9-21(15)25)23-26-22(24(28)32-23)13-16-4-3-7-20(12-16)31-14-17-5-2-6-19(11-17)27(29)30/h2-13H,14H2,1H3/b22-13-. The van der Waals surface area contributed by atoms with E-state index < -0.39 is 10.9 Å². The van der Waals surface area contributed by atoms with E-state index in [0.29, 0.717) is 11.3 Å². The maximum Gasteiger partial charge on any atom is 0.363 e. The normalized spacial score (nSPS) is 14.2. The van der Waals surface area contributed by atoms with Gasteiger partial charge in [-0.05, 0) is 82.6 Å². The minimum Gasteiger partial charge on any atom is -0.489 e. The fourth-order valence-electron chi connectivity index (χ4n) is 3.09. The molecule has 4 rings (SSSR count). The summed E-state index contributed by atoms with van der Waals surface area (Å²) in [5.41, 5.74) is 3.44. The van der Waals surface area contributed by atoms with Gasteiger partial charge in [0.25, 0.3) is 5.69 Å². The van der Waals surface area contributed by atoms with E-state index >= 15 is 0 Å². The number of carbonyl (C=O) groups is 1. The van der Waals surface area contributed by atoms with Crippen LogP contribution in [0.5, 0.6) is 5.75 Å². The van der Waals surface area contributed by atoms with Crippen molar-refractivity contribution in [3.05, 3.63) is 108 Å². The number of halogens is 1. The largest absolute Gasteiger partial charge is 0.489 e. The van der Waals surface area contributed by atoms with Gasteiger partial charge in [0.1, 0.15) is 12.4 Å². The fraction of sp³-hybridized carbons (Fsp3) is 0.0833. The summed E-state index contributed by atoms with van der Waals surface area (Å²) in [6.07, 6.45) is 1.63. The Kier molecular flexibility index (Phi) is 6.31. The molecule has 3 aromatic rings. The van der Waals surface area contributed by atoms with Gasteiger partial charge in [-0.2, -0.15) is 0 Å². The topological polar surface area (TPSA) is 91.0 Å². The van der Waals surface area contributed by atoms with Crippen molar-refractivity contribution >= 4 is 46.2 Å². The van der Waals surface area contributed by atoms with Crippen LogP contribution in [0.15, 0.2) is 77.4 Å². The predicted molar refractivity (Wildman–Crippen MR) is 128 cm³/mol. The number of hydrogen-bond donors (Lipinski definition) is 0. The number of esters is 1. The summed E-state index contributed by atoms with van der Waals surface area (Å²) in [6.45, 7) is 2.16. The Morgan fingerprint density at radius 3 is 2.72 bits per heavy atom. The van der Waals surface area contributed by atoms with Crippen LogP contribution in [-0.2, 0) is 16.1 Å². The first-order valence-corrected chi connectivity index (χ1v) is 10.7. The Morgan fingerprint density at radius 2 is 1.94 bits per heavy atom. The number of aliphatic imine (C=N–C) groups is 1. The fourth-order valence-corrected chi connectivity index (χ4v) is 3.42. The minimum absolute atomic E-state index is 0.0151. The molecule has 0 N–H and O–H groups in total. The second kappa shape index (κ2) is 9.31. The van der Waals surface area contributed by atoms with Gasteiger partial charge in [0.05, 0.1) is 4.92 Å². The first-order chi connectivity index (χ1) is 15.4. The Balaban J connectivity index is 1.51. The van der Waals surface area contributed by atoms with Crippen LogP contribution in [0.1, 0.15) is 22.3 Å². The molecule has 7 nitrogen and oxygen atoms in total. The van der Waals surface area contributed by atoms with Crippen molar-refractivity contribution in [1.82, 2.24) is 0 Å². The van der Waals surface area contributed by atoms with Crippen LogP contribution in [-0.4, -0.2) is 16.8 Å². The average molecular weight is 540 g/mol. The van der Waals surface area contributed by atoms with Gasteiger partial charge in [-0.25, -0.2) is 9.79 Å². The Hall–Kier alpha value is -3.53. The molecule has 1 aliphatic rings. The van der Waals surface area contributed by atoms with Crippen LogP contribution in [0.3, 0.4) is 0 Å². The molecule has 0 fully saturated rings. The molecule has 8 heteroatoms. The van der Waals surface area contributed by atoms with Crippen molar-refractivity contribution in [2.45, 2.75) is 13.5 Å². The number of aryl methyl sites for hydroxylation is 1. The molecule has 0 atom stereocenters. The van der Waals surface area contributed by atoms with Gasteiger partial charge < -0.3 is 9.47 Å². The maximum absolute atomic E-state index is 12.3. The summed E-state index contributed by atoms with van der Waals surface area (Å²) in [7, 11) is 0. The molecule has 32 heavy (non-hydrogen) atoms. The van der Waals surface area contributed by atoms with Crippen molar-refractivity contribution in [2.75, 3.05) is 0 Å². The number of nitro benzene ring substituents is 1. The van der Waals surface area contributed by atoms with E-state index in [1.54, 1.807) is 36.4 Å².